The van der Waals surface area contributed by atoms with E-state index in [0.29, 0.717) is 0 Å². The number of hydrogen-bond donors (Lipinski definition) is 0. The summed E-state index contributed by atoms with van der Waals surface area (Å²) in [4.78, 5) is 0. The lowest BCUT2D eigenvalue weighted by molar-refractivity contribution is 0.560. The van der Waals surface area contributed by atoms with Gasteiger partial charge >= 0.3 is 0 Å². The van der Waals surface area contributed by atoms with Gasteiger partial charge in [-0.1, -0.05) is 20.8 Å². The Morgan fingerprint density at radius 2 is 1.37 bits per heavy atom. The van der Waals surface area contributed by atoms with Gasteiger partial charge < -0.3 is 0 Å². The van der Waals surface area contributed by atoms with Gasteiger partial charge in [0.05, 0.1) is 23.6 Å². The molecule has 2 aromatic heterocycles. The fourth-order valence-electron chi connectivity index (χ4n) is 2.35. The molecule has 2 heterocycles. The molecule has 0 spiro atoms. The molecular weight excluding hydrogens is 236 g/mol. The third-order valence-corrected chi connectivity index (χ3v) is 3.53. The molecule has 0 aromatic carbocycles. The molecule has 2 rings (SSSR count). The third kappa shape index (κ3) is 2.88. The summed E-state index contributed by atoms with van der Waals surface area (Å²) in [6, 6.07) is 4.42. The maximum Gasteiger partial charge on any atom is 0.0831 e. The zero-order chi connectivity index (χ0) is 13.8. The largest absolute Gasteiger partial charge is 0.268 e. The van der Waals surface area contributed by atoms with Gasteiger partial charge in [0.15, 0.2) is 0 Å². The number of aryl methyl sites for hydroxylation is 4. The van der Waals surface area contributed by atoms with Gasteiger partial charge in [-0.05, 0) is 38.3 Å². The van der Waals surface area contributed by atoms with Crippen LogP contribution in [0.25, 0.3) is 0 Å². The molecular formula is C15H24N4. The van der Waals surface area contributed by atoms with Crippen molar-refractivity contribution in [3.05, 3.63) is 34.9 Å². The van der Waals surface area contributed by atoms with Crippen LogP contribution in [-0.4, -0.2) is 19.6 Å². The first-order valence-corrected chi connectivity index (χ1v) is 7.32. The van der Waals surface area contributed by atoms with Gasteiger partial charge in [0.25, 0.3) is 0 Å². The maximum atomic E-state index is 4.68. The summed E-state index contributed by atoms with van der Waals surface area (Å²) in [5.74, 6) is 0. The summed E-state index contributed by atoms with van der Waals surface area (Å²) < 4.78 is 4.22. The summed E-state index contributed by atoms with van der Waals surface area (Å²) in [5, 5.41) is 9.28. The summed E-state index contributed by atoms with van der Waals surface area (Å²) >= 11 is 0. The second-order valence-electron chi connectivity index (χ2n) is 4.79. The number of rotatable bonds is 6. The Morgan fingerprint density at radius 3 is 1.89 bits per heavy atom. The van der Waals surface area contributed by atoms with E-state index in [1.54, 1.807) is 0 Å². The van der Waals surface area contributed by atoms with Gasteiger partial charge in [-0.15, -0.1) is 0 Å². The molecule has 0 unspecified atom stereocenters. The van der Waals surface area contributed by atoms with E-state index in [1.807, 2.05) is 0 Å². The first-order chi connectivity index (χ1) is 9.21. The zero-order valence-corrected chi connectivity index (χ0v) is 12.5. The van der Waals surface area contributed by atoms with Gasteiger partial charge in [-0.25, -0.2) is 0 Å². The molecule has 0 aliphatic heterocycles. The highest BCUT2D eigenvalue weighted by atomic mass is 15.3. The van der Waals surface area contributed by atoms with Crippen molar-refractivity contribution in [2.75, 3.05) is 0 Å². The van der Waals surface area contributed by atoms with Crippen LogP contribution >= 0.6 is 0 Å². The molecule has 4 heteroatoms. The molecule has 0 saturated carbocycles. The number of hydrogen-bond acceptors (Lipinski definition) is 2. The minimum Gasteiger partial charge on any atom is -0.268 e. The molecule has 0 amide bonds. The second-order valence-corrected chi connectivity index (χ2v) is 4.79. The van der Waals surface area contributed by atoms with Crippen molar-refractivity contribution in [3.8, 4) is 0 Å². The molecule has 0 fully saturated rings. The van der Waals surface area contributed by atoms with E-state index < -0.39 is 0 Å². The van der Waals surface area contributed by atoms with Crippen LogP contribution < -0.4 is 0 Å². The molecule has 19 heavy (non-hydrogen) atoms. The fraction of sp³-hybridized carbons (Fsp3) is 0.600. The minimum atomic E-state index is 0.823. The minimum absolute atomic E-state index is 0.823. The van der Waals surface area contributed by atoms with Crippen LogP contribution in [0.15, 0.2) is 12.1 Å². The first-order valence-electron chi connectivity index (χ1n) is 7.32. The Kier molecular flexibility index (Phi) is 4.40. The lowest BCUT2D eigenvalue weighted by Crippen LogP contribution is -2.11. The van der Waals surface area contributed by atoms with Crippen molar-refractivity contribution < 1.29 is 0 Å². The van der Waals surface area contributed by atoms with Crippen molar-refractivity contribution >= 4 is 0 Å². The molecule has 0 saturated heterocycles. The first kappa shape index (κ1) is 13.8. The highest BCUT2D eigenvalue weighted by Gasteiger charge is 2.10. The second kappa shape index (κ2) is 6.04. The molecule has 4 nitrogen and oxygen atoms in total. The molecule has 104 valence electrons. The molecule has 0 N–H and O–H groups in total. The van der Waals surface area contributed by atoms with E-state index in [9.17, 15) is 0 Å². The van der Waals surface area contributed by atoms with E-state index in [0.717, 1.165) is 38.0 Å². The lowest BCUT2D eigenvalue weighted by atomic mass is 10.2. The van der Waals surface area contributed by atoms with Gasteiger partial charge in [0.1, 0.15) is 0 Å². The van der Waals surface area contributed by atoms with Crippen molar-refractivity contribution in [2.45, 2.75) is 60.0 Å². The van der Waals surface area contributed by atoms with Crippen molar-refractivity contribution in [2.24, 2.45) is 0 Å². The highest BCUT2D eigenvalue weighted by molar-refractivity contribution is 5.15. The Morgan fingerprint density at radius 1 is 0.789 bits per heavy atom. The topological polar surface area (TPSA) is 35.6 Å². The quantitative estimate of drug-likeness (QED) is 0.800. The average molecular weight is 260 g/mol. The van der Waals surface area contributed by atoms with E-state index >= 15 is 0 Å². The van der Waals surface area contributed by atoms with Crippen LogP contribution in [0.1, 0.15) is 50.5 Å². The maximum absolute atomic E-state index is 4.68. The number of aromatic nitrogens is 4. The standard InChI is InChI=1S/C15H24N4/c1-5-12-9-14(7-3)19(17-12)11-15-10-13(6-2)16-18(15)8-4/h9-10H,5-8,11H2,1-4H3. The fourth-order valence-corrected chi connectivity index (χ4v) is 2.35. The molecule has 0 atom stereocenters. The van der Waals surface area contributed by atoms with E-state index in [2.05, 4.69) is 59.4 Å². The summed E-state index contributed by atoms with van der Waals surface area (Å²) in [5.41, 5.74) is 4.89. The number of nitrogens with zero attached hydrogens (tertiary/aromatic N) is 4. The van der Waals surface area contributed by atoms with Crippen molar-refractivity contribution in [3.63, 3.8) is 0 Å². The van der Waals surface area contributed by atoms with E-state index in [1.165, 1.54) is 17.1 Å². The van der Waals surface area contributed by atoms with Crippen LogP contribution in [0.4, 0.5) is 0 Å². The monoisotopic (exact) mass is 260 g/mol. The molecule has 2 aromatic rings. The lowest BCUT2D eigenvalue weighted by Gasteiger charge is -2.07. The van der Waals surface area contributed by atoms with Crippen LogP contribution in [0.2, 0.25) is 0 Å². The Balaban J connectivity index is 2.29. The predicted molar refractivity (Wildman–Crippen MR) is 77.4 cm³/mol. The summed E-state index contributed by atoms with van der Waals surface area (Å²) in [6.07, 6.45) is 3.00. The Bertz CT molecular complexity index is 488. The van der Waals surface area contributed by atoms with E-state index in [-0.39, 0.29) is 0 Å². The molecule has 0 radical (unpaired) electrons. The Labute approximate surface area is 115 Å². The van der Waals surface area contributed by atoms with Crippen LogP contribution in [-0.2, 0) is 32.4 Å². The van der Waals surface area contributed by atoms with E-state index in [4.69, 9.17) is 0 Å². The smallest absolute Gasteiger partial charge is 0.0831 e. The van der Waals surface area contributed by atoms with Gasteiger partial charge in [0, 0.05) is 12.2 Å². The molecule has 0 aliphatic rings. The molecule has 0 aliphatic carbocycles. The highest BCUT2D eigenvalue weighted by Crippen LogP contribution is 2.12. The van der Waals surface area contributed by atoms with Crippen LogP contribution in [0.3, 0.4) is 0 Å². The van der Waals surface area contributed by atoms with Gasteiger partial charge in [-0.2, -0.15) is 10.2 Å². The van der Waals surface area contributed by atoms with Crippen molar-refractivity contribution in [1.82, 2.24) is 19.6 Å². The van der Waals surface area contributed by atoms with Crippen LogP contribution in [0.5, 0.6) is 0 Å². The summed E-state index contributed by atoms with van der Waals surface area (Å²) in [6.45, 7) is 10.4. The van der Waals surface area contributed by atoms with Crippen LogP contribution in [0, 0.1) is 0 Å². The summed E-state index contributed by atoms with van der Waals surface area (Å²) in [7, 11) is 0. The zero-order valence-electron chi connectivity index (χ0n) is 12.5. The van der Waals surface area contributed by atoms with Crippen molar-refractivity contribution in [1.29, 1.82) is 0 Å². The Hall–Kier alpha value is -1.58. The predicted octanol–water partition coefficient (Wildman–Crippen LogP) is 2.84. The average Bonchev–Trinajstić information content (AvgIpc) is 3.02. The molecule has 0 bridgehead atoms. The van der Waals surface area contributed by atoms with Gasteiger partial charge in [0.2, 0.25) is 0 Å². The normalized spacial score (nSPS) is 11.2. The third-order valence-electron chi connectivity index (χ3n) is 3.53. The SMILES string of the molecule is CCc1cc(Cn2nc(CC)cc2CC)n(CC)n1. The van der Waals surface area contributed by atoms with Gasteiger partial charge in [-0.3, -0.25) is 9.36 Å².